The molecule has 2 aliphatic carbocycles. The maximum absolute atomic E-state index is 12.7. The number of nitrogens with one attached hydrogen (secondary N) is 1. The van der Waals surface area contributed by atoms with Crippen LogP contribution in [-0.4, -0.2) is 45.8 Å². The quantitative estimate of drug-likeness (QED) is 0.472. The summed E-state index contributed by atoms with van der Waals surface area (Å²) in [4.78, 5) is 37.7. The van der Waals surface area contributed by atoms with Crippen LogP contribution in [0.2, 0.25) is 0 Å². The molecule has 23 heavy (non-hydrogen) atoms. The van der Waals surface area contributed by atoms with Gasteiger partial charge in [-0.2, -0.15) is 0 Å². The van der Waals surface area contributed by atoms with E-state index in [1.54, 1.807) is 0 Å². The van der Waals surface area contributed by atoms with Crippen LogP contribution in [-0.2, 0) is 14.3 Å². The molecule has 128 valence electrons. The number of urea groups is 1. The number of alkyl halides is 2. The Hall–Kier alpha value is -1.01. The Morgan fingerprint density at radius 2 is 2.09 bits per heavy atom. The second-order valence-electron chi connectivity index (χ2n) is 6.78. The van der Waals surface area contributed by atoms with Crippen molar-refractivity contribution in [1.29, 1.82) is 0 Å². The number of hydrogen-bond donors (Lipinski definition) is 1. The molecule has 6 nitrogen and oxygen atoms in total. The Morgan fingerprint density at radius 3 is 2.70 bits per heavy atom. The van der Waals surface area contributed by atoms with Crippen molar-refractivity contribution in [3.05, 3.63) is 0 Å². The van der Waals surface area contributed by atoms with Crippen LogP contribution in [0.3, 0.4) is 0 Å². The zero-order chi connectivity index (χ0) is 16.8. The first kappa shape index (κ1) is 16.8. The molecule has 2 saturated carbocycles. The number of halogens is 2. The van der Waals surface area contributed by atoms with Gasteiger partial charge in [-0.1, -0.05) is 19.8 Å². The van der Waals surface area contributed by atoms with Gasteiger partial charge in [0.05, 0.1) is 6.61 Å². The zero-order valence-electron chi connectivity index (χ0n) is 12.9. The molecule has 0 aromatic rings. The van der Waals surface area contributed by atoms with E-state index in [0.29, 0.717) is 12.8 Å². The Morgan fingerprint density at radius 1 is 1.39 bits per heavy atom. The minimum Gasteiger partial charge on any atom is -0.464 e. The summed E-state index contributed by atoms with van der Waals surface area (Å²) in [6.45, 7) is 1.70. The van der Waals surface area contributed by atoms with Gasteiger partial charge in [-0.15, -0.1) is 23.2 Å². The van der Waals surface area contributed by atoms with E-state index in [1.165, 1.54) is 0 Å². The van der Waals surface area contributed by atoms with E-state index in [-0.39, 0.29) is 30.9 Å². The van der Waals surface area contributed by atoms with Crippen LogP contribution < -0.4 is 5.32 Å². The first-order chi connectivity index (χ1) is 10.8. The highest BCUT2D eigenvalue weighted by molar-refractivity contribution is 6.50. The molecule has 3 atom stereocenters. The maximum Gasteiger partial charge on any atom is 0.326 e. The van der Waals surface area contributed by atoms with Crippen molar-refractivity contribution in [3.8, 4) is 0 Å². The standard InChI is InChI=1S/C15H20Cl2N2O4/c1-9-4-2-3-5-14(9)12(21)19(13(22)18-14)7-11(20)23-8-10-6-15(10,16)17/h9-10H,2-8H2,1H3,(H,18,22)/t9-,10-,14-/m0/s1. The van der Waals surface area contributed by atoms with Gasteiger partial charge in [0.2, 0.25) is 0 Å². The third-order valence-electron chi connectivity index (χ3n) is 5.19. The minimum atomic E-state index is -0.854. The molecule has 0 aromatic carbocycles. The summed E-state index contributed by atoms with van der Waals surface area (Å²) < 4.78 is 4.26. The Kier molecular flexibility index (Phi) is 4.25. The molecule has 0 radical (unpaired) electrons. The third-order valence-corrected chi connectivity index (χ3v) is 6.12. The lowest BCUT2D eigenvalue weighted by Crippen LogP contribution is -2.54. The predicted octanol–water partition coefficient (Wildman–Crippen LogP) is 2.22. The average Bonchev–Trinajstić information content (AvgIpc) is 3.04. The Balaban J connectivity index is 1.58. The molecule has 1 heterocycles. The van der Waals surface area contributed by atoms with E-state index < -0.39 is 21.9 Å². The van der Waals surface area contributed by atoms with Gasteiger partial charge in [-0.25, -0.2) is 4.79 Å². The number of hydrogen-bond acceptors (Lipinski definition) is 4. The summed E-state index contributed by atoms with van der Waals surface area (Å²) >= 11 is 11.7. The maximum atomic E-state index is 12.7. The van der Waals surface area contributed by atoms with Gasteiger partial charge in [-0.3, -0.25) is 14.5 Å². The van der Waals surface area contributed by atoms with Gasteiger partial charge in [0.15, 0.2) is 0 Å². The van der Waals surface area contributed by atoms with Crippen molar-refractivity contribution in [3.63, 3.8) is 0 Å². The summed E-state index contributed by atoms with van der Waals surface area (Å²) in [5, 5.41) is 2.80. The van der Waals surface area contributed by atoms with Crippen LogP contribution >= 0.6 is 23.2 Å². The Labute approximate surface area is 144 Å². The lowest BCUT2D eigenvalue weighted by atomic mass is 9.73. The first-order valence-corrected chi connectivity index (χ1v) is 8.69. The van der Waals surface area contributed by atoms with Crippen LogP contribution in [0, 0.1) is 11.8 Å². The number of carbonyl (C=O) groups excluding carboxylic acids is 3. The largest absolute Gasteiger partial charge is 0.464 e. The summed E-state index contributed by atoms with van der Waals surface area (Å²) in [5.74, 6) is -0.956. The van der Waals surface area contributed by atoms with Gasteiger partial charge in [0, 0.05) is 5.92 Å². The van der Waals surface area contributed by atoms with Crippen LogP contribution in [0.5, 0.6) is 0 Å². The van der Waals surface area contributed by atoms with Gasteiger partial charge in [0.1, 0.15) is 16.4 Å². The summed E-state index contributed by atoms with van der Waals surface area (Å²) in [6.07, 6.45) is 4.03. The second-order valence-corrected chi connectivity index (χ2v) is 8.33. The summed E-state index contributed by atoms with van der Waals surface area (Å²) in [6, 6.07) is -0.517. The molecule has 3 aliphatic rings. The fourth-order valence-corrected chi connectivity index (χ4v) is 3.96. The molecular weight excluding hydrogens is 343 g/mol. The van der Waals surface area contributed by atoms with Crippen LogP contribution in [0.1, 0.15) is 39.0 Å². The van der Waals surface area contributed by atoms with Crippen molar-refractivity contribution < 1.29 is 19.1 Å². The summed E-state index contributed by atoms with van der Waals surface area (Å²) in [7, 11) is 0. The number of ether oxygens (including phenoxy) is 1. The molecule has 1 aliphatic heterocycles. The highest BCUT2D eigenvalue weighted by Crippen LogP contribution is 2.53. The molecule has 3 amide bonds. The molecule has 3 rings (SSSR count). The fraction of sp³-hybridized carbons (Fsp3) is 0.800. The lowest BCUT2D eigenvalue weighted by Gasteiger charge is -2.36. The second kappa shape index (κ2) is 5.81. The molecule has 8 heteroatoms. The van der Waals surface area contributed by atoms with E-state index in [9.17, 15) is 14.4 Å². The summed E-state index contributed by atoms with van der Waals surface area (Å²) in [5.41, 5.74) is -0.854. The number of rotatable bonds is 4. The van der Waals surface area contributed by atoms with E-state index >= 15 is 0 Å². The van der Waals surface area contributed by atoms with Crippen molar-refractivity contribution in [1.82, 2.24) is 10.2 Å². The molecule has 1 saturated heterocycles. The first-order valence-electron chi connectivity index (χ1n) is 7.94. The van der Waals surface area contributed by atoms with Crippen molar-refractivity contribution >= 4 is 41.1 Å². The normalized spacial score (nSPS) is 35.3. The smallest absolute Gasteiger partial charge is 0.326 e. The van der Waals surface area contributed by atoms with Crippen LogP contribution in [0.4, 0.5) is 4.79 Å². The Bertz CT molecular complexity index is 554. The molecule has 1 spiro atoms. The van der Waals surface area contributed by atoms with Gasteiger partial charge >= 0.3 is 12.0 Å². The number of imide groups is 1. The van der Waals surface area contributed by atoms with Crippen LogP contribution in [0.25, 0.3) is 0 Å². The van der Waals surface area contributed by atoms with Crippen molar-refractivity contribution in [2.45, 2.75) is 48.9 Å². The van der Waals surface area contributed by atoms with Crippen LogP contribution in [0.15, 0.2) is 0 Å². The lowest BCUT2D eigenvalue weighted by molar-refractivity contribution is -0.148. The average molecular weight is 363 g/mol. The van der Waals surface area contributed by atoms with E-state index in [2.05, 4.69) is 5.32 Å². The number of nitrogens with zero attached hydrogens (tertiary/aromatic N) is 1. The SMILES string of the molecule is C[C@H]1CCCC[C@]12NC(=O)N(CC(=O)OC[C@@H]1CC1(Cl)Cl)C2=O. The van der Waals surface area contributed by atoms with Crippen molar-refractivity contribution in [2.75, 3.05) is 13.2 Å². The number of esters is 1. The minimum absolute atomic E-state index is 0.0632. The molecule has 1 N–H and O–H groups in total. The van der Waals surface area contributed by atoms with E-state index in [0.717, 1.165) is 24.2 Å². The van der Waals surface area contributed by atoms with E-state index in [4.69, 9.17) is 27.9 Å². The number of amides is 3. The topological polar surface area (TPSA) is 75.7 Å². The van der Waals surface area contributed by atoms with Gasteiger partial charge in [0.25, 0.3) is 5.91 Å². The molecular formula is C15H20Cl2N2O4. The molecule has 0 bridgehead atoms. The zero-order valence-corrected chi connectivity index (χ0v) is 14.5. The molecule has 0 unspecified atom stereocenters. The van der Waals surface area contributed by atoms with Crippen molar-refractivity contribution in [2.24, 2.45) is 11.8 Å². The van der Waals surface area contributed by atoms with Gasteiger partial charge < -0.3 is 10.1 Å². The highest BCUT2D eigenvalue weighted by atomic mass is 35.5. The van der Waals surface area contributed by atoms with Gasteiger partial charge in [-0.05, 0) is 25.2 Å². The molecule has 0 aromatic heterocycles. The van der Waals surface area contributed by atoms with E-state index in [1.807, 2.05) is 6.92 Å². The molecule has 3 fully saturated rings. The number of carbonyl (C=O) groups is 3. The fourth-order valence-electron chi connectivity index (χ4n) is 3.46. The highest BCUT2D eigenvalue weighted by Gasteiger charge is 2.55. The predicted molar refractivity (Wildman–Crippen MR) is 84.1 cm³/mol. The monoisotopic (exact) mass is 362 g/mol. The third kappa shape index (κ3) is 3.03.